The molecule has 0 bridgehead atoms. The molecule has 4 aromatic rings. The molecule has 0 spiro atoms. The topological polar surface area (TPSA) is 238 Å². The van der Waals surface area contributed by atoms with Gasteiger partial charge in [0.1, 0.15) is 11.6 Å². The lowest BCUT2D eigenvalue weighted by molar-refractivity contribution is -0.159. The Bertz CT molecular complexity index is 1690. The number of aromatic nitrogens is 3. The maximum Gasteiger partial charge on any atom is 0.414 e. The van der Waals surface area contributed by atoms with Crippen LogP contribution < -0.4 is 11.1 Å². The number of carbonyl (C=O) groups excluding carboxylic acids is 1. The summed E-state index contributed by atoms with van der Waals surface area (Å²) >= 11 is 0. The van der Waals surface area contributed by atoms with Crippen LogP contribution in [0.25, 0.3) is 11.0 Å². The Morgan fingerprint density at radius 1 is 0.875 bits per heavy atom. The van der Waals surface area contributed by atoms with Gasteiger partial charge >= 0.3 is 23.9 Å². The lowest BCUT2D eigenvalue weighted by Crippen LogP contribution is -2.40. The van der Waals surface area contributed by atoms with E-state index in [2.05, 4.69) is 19.8 Å². The Hall–Kier alpha value is -5.90. The quantitative estimate of drug-likeness (QED) is 0.117. The number of anilines is 1. The number of rotatable bonds is 8. The molecule has 48 heavy (non-hydrogen) atoms. The van der Waals surface area contributed by atoms with Gasteiger partial charge in [-0.3, -0.25) is 9.78 Å². The molecular weight excluding hydrogens is 631 g/mol. The first kappa shape index (κ1) is 36.6. The number of nitrogens with zero attached hydrogens (tertiary/aromatic N) is 4. The van der Waals surface area contributed by atoms with E-state index in [9.17, 15) is 9.18 Å². The number of nitrogens with one attached hydrogen (secondary N) is 1. The van der Waals surface area contributed by atoms with Crippen molar-refractivity contribution in [3.8, 4) is 0 Å². The zero-order valence-electron chi connectivity index (χ0n) is 25.7. The van der Waals surface area contributed by atoms with Crippen molar-refractivity contribution in [3.63, 3.8) is 0 Å². The molecule has 1 aliphatic heterocycles. The van der Waals surface area contributed by atoms with Gasteiger partial charge in [-0.2, -0.15) is 0 Å². The van der Waals surface area contributed by atoms with Crippen molar-refractivity contribution in [3.05, 3.63) is 89.8 Å². The summed E-state index contributed by atoms with van der Waals surface area (Å²) in [5.41, 5.74) is 9.90. The van der Waals surface area contributed by atoms with Crippen LogP contribution in [0.5, 0.6) is 0 Å². The Balaban J connectivity index is 0.000000446. The summed E-state index contributed by atoms with van der Waals surface area (Å²) in [4.78, 5) is 60.4. The van der Waals surface area contributed by atoms with Gasteiger partial charge in [0.05, 0.1) is 22.8 Å². The first-order chi connectivity index (χ1) is 22.8. The number of nitrogen functional groups attached to an aromatic ring is 1. The Morgan fingerprint density at radius 2 is 1.48 bits per heavy atom. The number of aliphatic carboxylic acids is 4. The fourth-order valence-corrected chi connectivity index (χ4v) is 4.92. The third-order valence-electron chi connectivity index (χ3n) is 7.35. The molecule has 0 atom stereocenters. The standard InChI is InChI=1S/C28H31FN6O.2C2H2O4/c29-22-7-5-21(6-8-22)19-35-26-18-31-12-9-25(26)33-27(35)17-20-10-14-34(15-11-20)16-13-32-28(36)23-3-1-2-4-24(23)30;2*3-1(4)2(5)6/h1-9,12,18,20H,10-11,13-17,19,30H2,(H,32,36);2*(H,3,4)(H,5,6). The summed E-state index contributed by atoms with van der Waals surface area (Å²) < 4.78 is 15.6. The fraction of sp³-hybridized carbons (Fsp3) is 0.281. The molecule has 0 saturated carbocycles. The van der Waals surface area contributed by atoms with Gasteiger partial charge in [-0.15, -0.1) is 0 Å². The SMILES string of the molecule is Nc1ccccc1C(=O)NCCN1CCC(Cc2nc3ccncc3n2Cc2ccc(F)cc2)CC1.O=C(O)C(=O)O.O=C(O)C(=O)O. The number of amides is 1. The summed E-state index contributed by atoms with van der Waals surface area (Å²) in [6.07, 6.45) is 6.68. The van der Waals surface area contributed by atoms with Gasteiger partial charge in [-0.25, -0.2) is 28.6 Å². The van der Waals surface area contributed by atoms with Crippen LogP contribution in [-0.4, -0.2) is 95.8 Å². The van der Waals surface area contributed by atoms with E-state index in [1.54, 1.807) is 18.3 Å². The monoisotopic (exact) mass is 666 g/mol. The van der Waals surface area contributed by atoms with Crippen LogP contribution in [0.2, 0.25) is 0 Å². The van der Waals surface area contributed by atoms with Crippen molar-refractivity contribution < 1.29 is 48.8 Å². The van der Waals surface area contributed by atoms with Crippen molar-refractivity contribution >= 4 is 46.5 Å². The molecule has 0 unspecified atom stereocenters. The number of pyridine rings is 1. The predicted molar refractivity (Wildman–Crippen MR) is 170 cm³/mol. The van der Waals surface area contributed by atoms with E-state index >= 15 is 0 Å². The van der Waals surface area contributed by atoms with Gasteiger partial charge in [0, 0.05) is 37.9 Å². The van der Waals surface area contributed by atoms with Gasteiger partial charge in [0.15, 0.2) is 0 Å². The van der Waals surface area contributed by atoms with E-state index in [-0.39, 0.29) is 11.7 Å². The molecule has 254 valence electrons. The zero-order valence-corrected chi connectivity index (χ0v) is 25.7. The minimum Gasteiger partial charge on any atom is -0.473 e. The molecule has 15 nitrogen and oxygen atoms in total. The van der Waals surface area contributed by atoms with Crippen molar-refractivity contribution in [1.82, 2.24) is 24.8 Å². The molecule has 7 N–H and O–H groups in total. The third-order valence-corrected chi connectivity index (χ3v) is 7.35. The van der Waals surface area contributed by atoms with Crippen LogP contribution in [0.1, 0.15) is 34.6 Å². The third kappa shape index (κ3) is 11.2. The number of likely N-dealkylation sites (tertiary alicyclic amines) is 1. The number of halogens is 1. The predicted octanol–water partition coefficient (Wildman–Crippen LogP) is 2.20. The zero-order chi connectivity index (χ0) is 35.2. The molecule has 1 fully saturated rings. The van der Waals surface area contributed by atoms with Crippen LogP contribution >= 0.6 is 0 Å². The second-order valence-electron chi connectivity index (χ2n) is 10.7. The van der Waals surface area contributed by atoms with Gasteiger partial charge in [-0.05, 0) is 67.7 Å². The number of hydrogen-bond acceptors (Lipinski definition) is 9. The number of imidazole rings is 1. The van der Waals surface area contributed by atoms with Gasteiger partial charge < -0.3 is 40.9 Å². The number of carboxylic acids is 4. The lowest BCUT2D eigenvalue weighted by Gasteiger charge is -2.32. The number of carboxylic acid groups (broad SMARTS) is 4. The van der Waals surface area contributed by atoms with Gasteiger partial charge in [0.2, 0.25) is 0 Å². The van der Waals surface area contributed by atoms with Crippen LogP contribution in [-0.2, 0) is 32.1 Å². The molecule has 2 aromatic carbocycles. The Labute approximate surface area is 273 Å². The van der Waals surface area contributed by atoms with Crippen LogP contribution in [0.15, 0.2) is 67.0 Å². The lowest BCUT2D eigenvalue weighted by atomic mass is 9.93. The summed E-state index contributed by atoms with van der Waals surface area (Å²) in [5, 5.41) is 32.5. The maximum absolute atomic E-state index is 13.4. The van der Waals surface area contributed by atoms with Crippen molar-refractivity contribution in [2.75, 3.05) is 31.9 Å². The van der Waals surface area contributed by atoms with Gasteiger partial charge in [-0.1, -0.05) is 24.3 Å². The number of benzene rings is 2. The molecule has 0 aliphatic carbocycles. The second-order valence-corrected chi connectivity index (χ2v) is 10.7. The van der Waals surface area contributed by atoms with E-state index in [0.717, 1.165) is 61.3 Å². The Morgan fingerprint density at radius 3 is 2.06 bits per heavy atom. The number of para-hydroxylation sites is 1. The van der Waals surface area contributed by atoms with E-state index in [4.69, 9.17) is 50.3 Å². The van der Waals surface area contributed by atoms with Crippen LogP contribution in [0.4, 0.5) is 10.1 Å². The van der Waals surface area contributed by atoms with Crippen LogP contribution in [0.3, 0.4) is 0 Å². The van der Waals surface area contributed by atoms with E-state index in [1.807, 2.05) is 36.5 Å². The molecule has 3 heterocycles. The summed E-state index contributed by atoms with van der Waals surface area (Å²) in [5.74, 6) is -6.07. The average Bonchev–Trinajstić information content (AvgIpc) is 3.40. The first-order valence-electron chi connectivity index (χ1n) is 14.7. The molecule has 2 aromatic heterocycles. The minimum absolute atomic E-state index is 0.127. The Kier molecular flexibility index (Phi) is 13.5. The number of carbonyl (C=O) groups is 5. The van der Waals surface area contributed by atoms with Crippen molar-refractivity contribution in [2.24, 2.45) is 5.92 Å². The smallest absolute Gasteiger partial charge is 0.414 e. The number of nitrogens with two attached hydrogens (primary N) is 1. The number of piperidine rings is 1. The van der Waals surface area contributed by atoms with Crippen LogP contribution in [0, 0.1) is 11.7 Å². The van der Waals surface area contributed by atoms with Crippen molar-refractivity contribution in [2.45, 2.75) is 25.8 Å². The highest BCUT2D eigenvalue weighted by molar-refractivity contribution is 6.27. The summed E-state index contributed by atoms with van der Waals surface area (Å²) in [7, 11) is 0. The fourth-order valence-electron chi connectivity index (χ4n) is 4.92. The molecule has 1 aliphatic rings. The average molecular weight is 667 g/mol. The van der Waals surface area contributed by atoms with E-state index in [0.29, 0.717) is 30.3 Å². The van der Waals surface area contributed by atoms with E-state index in [1.165, 1.54) is 12.1 Å². The molecule has 16 heteroatoms. The van der Waals surface area contributed by atoms with E-state index < -0.39 is 23.9 Å². The minimum atomic E-state index is -1.82. The van der Waals surface area contributed by atoms with Gasteiger partial charge in [0.25, 0.3) is 5.91 Å². The maximum atomic E-state index is 13.4. The molecule has 0 radical (unpaired) electrons. The highest BCUT2D eigenvalue weighted by Crippen LogP contribution is 2.25. The molecular formula is C32H35FN6O9. The summed E-state index contributed by atoms with van der Waals surface area (Å²) in [6.45, 7) is 4.04. The first-order valence-corrected chi connectivity index (χ1v) is 14.7. The summed E-state index contributed by atoms with van der Waals surface area (Å²) in [6, 6.07) is 15.7. The normalized spacial score (nSPS) is 12.9. The highest BCUT2D eigenvalue weighted by atomic mass is 19.1. The second kappa shape index (κ2) is 17.7. The molecule has 1 amide bonds. The molecule has 5 rings (SSSR count). The largest absolute Gasteiger partial charge is 0.473 e. The number of fused-ring (bicyclic) bond motifs is 1. The number of hydrogen-bond donors (Lipinski definition) is 6. The van der Waals surface area contributed by atoms with Crippen molar-refractivity contribution in [1.29, 1.82) is 0 Å². The highest BCUT2D eigenvalue weighted by Gasteiger charge is 2.22. The molecule has 1 saturated heterocycles.